The number of benzene rings is 1. The first-order valence-corrected chi connectivity index (χ1v) is 9.70. The molecule has 0 radical (unpaired) electrons. The number of nitrogens with zero attached hydrogens (tertiary/aromatic N) is 4. The van der Waals surface area contributed by atoms with Crippen LogP contribution in [-0.2, 0) is 19.5 Å². The maximum absolute atomic E-state index is 8.90. The van der Waals surface area contributed by atoms with Gasteiger partial charge in [-0.15, -0.1) is 0 Å². The Morgan fingerprint density at radius 3 is 2.65 bits per heavy atom. The third kappa shape index (κ3) is 3.98. The molecule has 0 bridgehead atoms. The molecule has 2 aliphatic heterocycles. The summed E-state index contributed by atoms with van der Waals surface area (Å²) in [5.74, 6) is 1.25. The van der Waals surface area contributed by atoms with Crippen LogP contribution in [0.2, 0.25) is 0 Å². The van der Waals surface area contributed by atoms with Gasteiger partial charge in [0.05, 0.1) is 17.3 Å². The molecule has 1 unspecified atom stereocenters. The van der Waals surface area contributed by atoms with E-state index in [0.717, 1.165) is 43.9 Å². The number of likely N-dealkylation sites (tertiary alicyclic amines) is 1. The molecule has 4 rings (SSSR count). The Morgan fingerprint density at radius 2 is 1.92 bits per heavy atom. The van der Waals surface area contributed by atoms with E-state index >= 15 is 0 Å². The highest BCUT2D eigenvalue weighted by Crippen LogP contribution is 2.19. The summed E-state index contributed by atoms with van der Waals surface area (Å²) in [5, 5.41) is 12.8. The lowest BCUT2D eigenvalue weighted by molar-refractivity contribution is 0.178. The van der Waals surface area contributed by atoms with Gasteiger partial charge in [0.15, 0.2) is 0 Å². The maximum atomic E-state index is 8.90. The van der Waals surface area contributed by atoms with Crippen molar-refractivity contribution in [3.8, 4) is 6.07 Å². The Bertz CT molecular complexity index is 778. The highest BCUT2D eigenvalue weighted by Gasteiger charge is 2.25. The van der Waals surface area contributed by atoms with E-state index in [1.807, 2.05) is 12.1 Å². The molecule has 1 N–H and O–H groups in total. The van der Waals surface area contributed by atoms with Crippen molar-refractivity contribution in [2.24, 2.45) is 0 Å². The smallest absolute Gasteiger partial charge is 0.109 e. The van der Waals surface area contributed by atoms with Crippen LogP contribution < -0.4 is 5.32 Å². The molecule has 0 spiro atoms. The topological polar surface area (TPSA) is 56.9 Å². The molecule has 5 nitrogen and oxygen atoms in total. The number of fused-ring (bicyclic) bond motifs is 1. The zero-order chi connectivity index (χ0) is 17.9. The molecule has 26 heavy (non-hydrogen) atoms. The second kappa shape index (κ2) is 7.61. The van der Waals surface area contributed by atoms with Crippen LogP contribution in [0.1, 0.15) is 41.9 Å². The number of nitrogens with one attached hydrogen (secondary N) is 1. The first kappa shape index (κ1) is 17.3. The second-order valence-electron chi connectivity index (χ2n) is 7.71. The van der Waals surface area contributed by atoms with E-state index in [0.29, 0.717) is 12.1 Å². The zero-order valence-electron chi connectivity index (χ0n) is 15.5. The van der Waals surface area contributed by atoms with Crippen LogP contribution in [0.15, 0.2) is 30.5 Å². The molecule has 1 fully saturated rings. The SMILES string of the molecule is Cc1cn2c(n1)CCC(NC1CCN(Cc3ccc(C#N)cc3)CC1)C2. The van der Waals surface area contributed by atoms with E-state index in [9.17, 15) is 0 Å². The van der Waals surface area contributed by atoms with Gasteiger partial charge >= 0.3 is 0 Å². The number of piperidine rings is 1. The van der Waals surface area contributed by atoms with Crippen molar-refractivity contribution in [3.05, 3.63) is 53.1 Å². The fourth-order valence-electron chi connectivity index (χ4n) is 4.26. The zero-order valence-corrected chi connectivity index (χ0v) is 15.5. The van der Waals surface area contributed by atoms with E-state index in [1.165, 1.54) is 30.7 Å². The largest absolute Gasteiger partial charge is 0.333 e. The summed E-state index contributed by atoms with van der Waals surface area (Å²) in [4.78, 5) is 7.13. The minimum atomic E-state index is 0.575. The standard InChI is InChI=1S/C21H27N5/c1-16-13-26-15-20(6-7-21(26)23-16)24-19-8-10-25(11-9-19)14-18-4-2-17(12-22)3-5-18/h2-5,13,19-20,24H,6-11,14-15H2,1H3. The predicted molar refractivity (Wildman–Crippen MR) is 102 cm³/mol. The molecule has 5 heteroatoms. The fraction of sp³-hybridized carbons (Fsp3) is 0.524. The monoisotopic (exact) mass is 349 g/mol. The second-order valence-corrected chi connectivity index (χ2v) is 7.71. The van der Waals surface area contributed by atoms with E-state index in [-0.39, 0.29) is 0 Å². The third-order valence-electron chi connectivity index (χ3n) is 5.66. The van der Waals surface area contributed by atoms with Crippen molar-refractivity contribution in [2.45, 2.75) is 57.8 Å². The average Bonchev–Trinajstić information content (AvgIpc) is 3.03. The molecule has 1 saturated heterocycles. The van der Waals surface area contributed by atoms with Gasteiger partial charge in [0.1, 0.15) is 5.82 Å². The van der Waals surface area contributed by atoms with Crippen LogP contribution in [0.3, 0.4) is 0 Å². The van der Waals surface area contributed by atoms with Crippen molar-refractivity contribution >= 4 is 0 Å². The highest BCUT2D eigenvalue weighted by molar-refractivity contribution is 5.31. The van der Waals surface area contributed by atoms with Gasteiger partial charge in [-0.25, -0.2) is 4.98 Å². The number of aryl methyl sites for hydroxylation is 2. The van der Waals surface area contributed by atoms with Crippen LogP contribution >= 0.6 is 0 Å². The molecule has 2 aromatic rings. The fourth-order valence-corrected chi connectivity index (χ4v) is 4.26. The summed E-state index contributed by atoms with van der Waals surface area (Å²) in [5.41, 5.74) is 3.17. The average molecular weight is 349 g/mol. The quantitative estimate of drug-likeness (QED) is 0.922. The normalized spacial score (nSPS) is 21.3. The first-order chi connectivity index (χ1) is 12.7. The Hall–Kier alpha value is -2.16. The van der Waals surface area contributed by atoms with Gasteiger partial charge in [0, 0.05) is 37.8 Å². The van der Waals surface area contributed by atoms with Crippen LogP contribution in [0.25, 0.3) is 0 Å². The van der Waals surface area contributed by atoms with Gasteiger partial charge in [0.25, 0.3) is 0 Å². The molecule has 3 heterocycles. The lowest BCUT2D eigenvalue weighted by Gasteiger charge is -2.35. The van der Waals surface area contributed by atoms with Gasteiger partial charge in [-0.05, 0) is 57.0 Å². The Labute approximate surface area is 155 Å². The molecule has 1 aromatic carbocycles. The molecule has 1 atom stereocenters. The van der Waals surface area contributed by atoms with Gasteiger partial charge in [-0.2, -0.15) is 5.26 Å². The number of hydrogen-bond acceptors (Lipinski definition) is 4. The number of imidazole rings is 1. The Morgan fingerprint density at radius 1 is 1.15 bits per heavy atom. The molecular formula is C21H27N5. The maximum Gasteiger partial charge on any atom is 0.109 e. The molecule has 136 valence electrons. The minimum absolute atomic E-state index is 0.575. The molecule has 2 aliphatic rings. The van der Waals surface area contributed by atoms with E-state index in [2.05, 4.69) is 51.1 Å². The number of rotatable bonds is 4. The van der Waals surface area contributed by atoms with Gasteiger partial charge in [-0.3, -0.25) is 4.90 Å². The number of hydrogen-bond donors (Lipinski definition) is 1. The summed E-state index contributed by atoms with van der Waals surface area (Å²) < 4.78 is 2.33. The summed E-state index contributed by atoms with van der Waals surface area (Å²) in [6, 6.07) is 11.4. The van der Waals surface area contributed by atoms with Crippen molar-refractivity contribution < 1.29 is 0 Å². The van der Waals surface area contributed by atoms with Crippen LogP contribution in [-0.4, -0.2) is 39.6 Å². The third-order valence-corrected chi connectivity index (χ3v) is 5.66. The van der Waals surface area contributed by atoms with Gasteiger partial charge in [-0.1, -0.05) is 12.1 Å². The highest BCUT2D eigenvalue weighted by atomic mass is 15.2. The summed E-state index contributed by atoms with van der Waals surface area (Å²) >= 11 is 0. The molecule has 0 aliphatic carbocycles. The Balaban J connectivity index is 1.24. The first-order valence-electron chi connectivity index (χ1n) is 9.70. The summed E-state index contributed by atoms with van der Waals surface area (Å²) in [6.45, 7) is 6.40. The number of nitriles is 1. The molecule has 1 aromatic heterocycles. The van der Waals surface area contributed by atoms with Crippen molar-refractivity contribution in [2.75, 3.05) is 13.1 Å². The van der Waals surface area contributed by atoms with Crippen molar-refractivity contribution in [1.29, 1.82) is 5.26 Å². The Kier molecular flexibility index (Phi) is 5.05. The van der Waals surface area contributed by atoms with Gasteiger partial charge < -0.3 is 9.88 Å². The number of aromatic nitrogens is 2. The van der Waals surface area contributed by atoms with E-state index in [4.69, 9.17) is 5.26 Å². The lowest BCUT2D eigenvalue weighted by atomic mass is 10.0. The van der Waals surface area contributed by atoms with E-state index < -0.39 is 0 Å². The lowest BCUT2D eigenvalue weighted by Crippen LogP contribution is -2.48. The molecule has 0 amide bonds. The molecule has 0 saturated carbocycles. The van der Waals surface area contributed by atoms with Crippen LogP contribution in [0, 0.1) is 18.3 Å². The summed E-state index contributed by atoms with van der Waals surface area (Å²) in [7, 11) is 0. The van der Waals surface area contributed by atoms with E-state index in [1.54, 1.807) is 0 Å². The van der Waals surface area contributed by atoms with Crippen molar-refractivity contribution in [1.82, 2.24) is 19.8 Å². The van der Waals surface area contributed by atoms with Crippen LogP contribution in [0.5, 0.6) is 0 Å². The summed E-state index contributed by atoms with van der Waals surface area (Å²) in [6.07, 6.45) is 6.89. The molecular weight excluding hydrogens is 322 g/mol. The minimum Gasteiger partial charge on any atom is -0.333 e. The van der Waals surface area contributed by atoms with Crippen molar-refractivity contribution in [3.63, 3.8) is 0 Å². The van der Waals surface area contributed by atoms with Gasteiger partial charge in [0.2, 0.25) is 0 Å². The van der Waals surface area contributed by atoms with Crippen LogP contribution in [0.4, 0.5) is 0 Å². The predicted octanol–water partition coefficient (Wildman–Crippen LogP) is 2.63.